The predicted octanol–water partition coefficient (Wildman–Crippen LogP) is 2.16. The molecule has 1 rings (SSSR count). The molecule has 0 unspecified atom stereocenters. The molecule has 3 nitrogen and oxygen atoms in total. The maximum atomic E-state index is 11.0. The van der Waals surface area contributed by atoms with E-state index in [1.165, 1.54) is 12.0 Å². The summed E-state index contributed by atoms with van der Waals surface area (Å²) in [6, 6.07) is 3.75. The molecule has 78 valence electrons. The molecule has 5 heteroatoms. The number of hydrogen-bond donors (Lipinski definition) is 1. The SMILES string of the molecule is COC(=O)[C@@H](C)NCc1ccc(Br)s1. The number of methoxy groups -OCH3 is 1. The van der Waals surface area contributed by atoms with E-state index in [4.69, 9.17) is 0 Å². The van der Waals surface area contributed by atoms with Crippen LogP contribution in [-0.4, -0.2) is 19.1 Å². The third-order valence-corrected chi connectivity index (χ3v) is 3.39. The molecule has 1 atom stereocenters. The van der Waals surface area contributed by atoms with Crippen molar-refractivity contribution in [3.8, 4) is 0 Å². The van der Waals surface area contributed by atoms with E-state index in [0.29, 0.717) is 6.54 Å². The lowest BCUT2D eigenvalue weighted by Crippen LogP contribution is -2.34. The Bertz CT molecular complexity index is 314. The Morgan fingerprint density at radius 3 is 2.93 bits per heavy atom. The lowest BCUT2D eigenvalue weighted by molar-refractivity contribution is -0.142. The van der Waals surface area contributed by atoms with Gasteiger partial charge in [-0.25, -0.2) is 0 Å². The lowest BCUT2D eigenvalue weighted by Gasteiger charge is -2.09. The van der Waals surface area contributed by atoms with Gasteiger partial charge in [0, 0.05) is 11.4 Å². The van der Waals surface area contributed by atoms with Gasteiger partial charge < -0.3 is 4.74 Å². The van der Waals surface area contributed by atoms with Gasteiger partial charge in [-0.1, -0.05) is 0 Å². The zero-order valence-corrected chi connectivity index (χ0v) is 10.4. The average Bonchev–Trinajstić information content (AvgIpc) is 2.59. The van der Waals surface area contributed by atoms with Gasteiger partial charge in [0.1, 0.15) is 6.04 Å². The summed E-state index contributed by atoms with van der Waals surface area (Å²) in [5, 5.41) is 3.08. The molecule has 0 aliphatic heterocycles. The Balaban J connectivity index is 2.37. The molecule has 1 aromatic heterocycles. The maximum absolute atomic E-state index is 11.0. The number of nitrogens with one attached hydrogen (secondary N) is 1. The van der Waals surface area contributed by atoms with Gasteiger partial charge in [0.2, 0.25) is 0 Å². The van der Waals surface area contributed by atoms with E-state index < -0.39 is 0 Å². The molecule has 0 aliphatic carbocycles. The fourth-order valence-electron chi connectivity index (χ4n) is 0.961. The predicted molar refractivity (Wildman–Crippen MR) is 60.3 cm³/mol. The standard InChI is InChI=1S/C9H12BrNO2S/c1-6(9(12)13-2)11-5-7-3-4-8(10)14-7/h3-4,6,11H,5H2,1-2H3/t6-/m1/s1. The van der Waals surface area contributed by atoms with Gasteiger partial charge in [-0.05, 0) is 35.0 Å². The molecular formula is C9H12BrNO2S. The van der Waals surface area contributed by atoms with Crippen molar-refractivity contribution in [2.45, 2.75) is 19.5 Å². The van der Waals surface area contributed by atoms with Gasteiger partial charge >= 0.3 is 5.97 Å². The quantitative estimate of drug-likeness (QED) is 0.858. The van der Waals surface area contributed by atoms with Gasteiger partial charge in [-0.3, -0.25) is 10.1 Å². The average molecular weight is 278 g/mol. The van der Waals surface area contributed by atoms with Crippen molar-refractivity contribution in [1.29, 1.82) is 0 Å². The van der Waals surface area contributed by atoms with Crippen molar-refractivity contribution in [3.63, 3.8) is 0 Å². The molecule has 0 amide bonds. The smallest absolute Gasteiger partial charge is 0.322 e. The molecule has 1 heterocycles. The molecule has 0 saturated carbocycles. The minimum absolute atomic E-state index is 0.236. The summed E-state index contributed by atoms with van der Waals surface area (Å²) in [6.07, 6.45) is 0. The summed E-state index contributed by atoms with van der Waals surface area (Å²) >= 11 is 5.03. The van der Waals surface area contributed by atoms with Crippen LogP contribution in [0.25, 0.3) is 0 Å². The summed E-state index contributed by atoms with van der Waals surface area (Å²) < 4.78 is 5.70. The van der Waals surface area contributed by atoms with Crippen molar-refractivity contribution in [2.75, 3.05) is 7.11 Å². The van der Waals surface area contributed by atoms with Crippen molar-refractivity contribution < 1.29 is 9.53 Å². The Kier molecular flexibility index (Phi) is 4.57. The Labute approximate surface area is 95.6 Å². The van der Waals surface area contributed by atoms with Crippen molar-refractivity contribution >= 4 is 33.2 Å². The van der Waals surface area contributed by atoms with Crippen LogP contribution in [0.3, 0.4) is 0 Å². The Hall–Kier alpha value is -0.390. The van der Waals surface area contributed by atoms with E-state index in [-0.39, 0.29) is 12.0 Å². The molecule has 0 fully saturated rings. The minimum atomic E-state index is -0.263. The first-order chi connectivity index (χ1) is 6.63. The second-order valence-electron chi connectivity index (χ2n) is 2.83. The van der Waals surface area contributed by atoms with E-state index in [2.05, 4.69) is 26.0 Å². The summed E-state index contributed by atoms with van der Waals surface area (Å²) in [5.74, 6) is -0.236. The van der Waals surface area contributed by atoms with Crippen LogP contribution < -0.4 is 5.32 Å². The van der Waals surface area contributed by atoms with Crippen LogP contribution in [0.5, 0.6) is 0 Å². The van der Waals surface area contributed by atoms with E-state index in [0.717, 1.165) is 3.79 Å². The fourth-order valence-corrected chi connectivity index (χ4v) is 2.39. The third kappa shape index (κ3) is 3.40. The van der Waals surface area contributed by atoms with Crippen molar-refractivity contribution in [1.82, 2.24) is 5.32 Å². The van der Waals surface area contributed by atoms with Gasteiger partial charge in [0.15, 0.2) is 0 Å². The van der Waals surface area contributed by atoms with Crippen LogP contribution in [0.2, 0.25) is 0 Å². The zero-order valence-electron chi connectivity index (χ0n) is 8.04. The van der Waals surface area contributed by atoms with Gasteiger partial charge in [-0.2, -0.15) is 0 Å². The van der Waals surface area contributed by atoms with Crippen molar-refractivity contribution in [2.24, 2.45) is 0 Å². The maximum Gasteiger partial charge on any atom is 0.322 e. The highest BCUT2D eigenvalue weighted by molar-refractivity contribution is 9.11. The topological polar surface area (TPSA) is 38.3 Å². The summed E-state index contributed by atoms with van der Waals surface area (Å²) in [5.41, 5.74) is 0. The molecule has 0 radical (unpaired) electrons. The van der Waals surface area contributed by atoms with Crippen LogP contribution >= 0.6 is 27.3 Å². The van der Waals surface area contributed by atoms with Gasteiger partial charge in [0.05, 0.1) is 10.9 Å². The lowest BCUT2D eigenvalue weighted by atomic mass is 10.3. The second-order valence-corrected chi connectivity index (χ2v) is 5.38. The first kappa shape index (κ1) is 11.7. The highest BCUT2D eigenvalue weighted by Gasteiger charge is 2.11. The summed E-state index contributed by atoms with van der Waals surface area (Å²) in [7, 11) is 1.39. The number of halogens is 1. The largest absolute Gasteiger partial charge is 0.468 e. The first-order valence-electron chi connectivity index (χ1n) is 4.19. The van der Waals surface area contributed by atoms with Crippen LogP contribution in [0.15, 0.2) is 15.9 Å². The normalized spacial score (nSPS) is 12.5. The molecule has 1 aromatic rings. The third-order valence-electron chi connectivity index (χ3n) is 1.77. The Morgan fingerprint density at radius 2 is 2.43 bits per heavy atom. The van der Waals surface area contributed by atoms with E-state index in [1.807, 2.05) is 12.1 Å². The molecular weight excluding hydrogens is 266 g/mol. The fraction of sp³-hybridized carbons (Fsp3) is 0.444. The van der Waals surface area contributed by atoms with Crippen molar-refractivity contribution in [3.05, 3.63) is 20.8 Å². The van der Waals surface area contributed by atoms with Gasteiger partial charge in [0.25, 0.3) is 0 Å². The highest BCUT2D eigenvalue weighted by atomic mass is 79.9. The molecule has 0 bridgehead atoms. The van der Waals surface area contributed by atoms with E-state index >= 15 is 0 Å². The van der Waals surface area contributed by atoms with Gasteiger partial charge in [-0.15, -0.1) is 11.3 Å². The minimum Gasteiger partial charge on any atom is -0.468 e. The summed E-state index contributed by atoms with van der Waals surface area (Å²) in [6.45, 7) is 2.47. The number of hydrogen-bond acceptors (Lipinski definition) is 4. The van der Waals surface area contributed by atoms with E-state index in [1.54, 1.807) is 18.3 Å². The monoisotopic (exact) mass is 277 g/mol. The van der Waals surface area contributed by atoms with Crippen LogP contribution in [-0.2, 0) is 16.1 Å². The molecule has 14 heavy (non-hydrogen) atoms. The number of esters is 1. The number of carbonyl (C=O) groups excluding carboxylic acids is 1. The molecule has 0 aromatic carbocycles. The molecule has 1 N–H and O–H groups in total. The highest BCUT2D eigenvalue weighted by Crippen LogP contribution is 2.21. The molecule has 0 spiro atoms. The van der Waals surface area contributed by atoms with Crippen LogP contribution in [0, 0.1) is 0 Å². The van der Waals surface area contributed by atoms with Crippen LogP contribution in [0.4, 0.5) is 0 Å². The first-order valence-corrected chi connectivity index (χ1v) is 5.80. The zero-order chi connectivity index (χ0) is 10.6. The molecule has 0 aliphatic rings. The van der Waals surface area contributed by atoms with Crippen LogP contribution in [0.1, 0.15) is 11.8 Å². The second kappa shape index (κ2) is 5.48. The molecule has 0 saturated heterocycles. The number of rotatable bonds is 4. The number of thiophene rings is 1. The van der Waals surface area contributed by atoms with E-state index in [9.17, 15) is 4.79 Å². The summed E-state index contributed by atoms with van der Waals surface area (Å²) in [4.78, 5) is 12.2. The Morgan fingerprint density at radius 1 is 1.71 bits per heavy atom. The number of carbonyl (C=O) groups is 1. The number of ether oxygens (including phenoxy) is 1.